The molecule has 108 valence electrons. The SMILES string of the molecule is O=S(=O)([O-])CCCCOCCCCc1ccccc1.[Na+]. The van der Waals surface area contributed by atoms with E-state index in [2.05, 4.69) is 12.1 Å². The molecule has 0 amide bonds. The van der Waals surface area contributed by atoms with Gasteiger partial charge in [0, 0.05) is 19.0 Å². The van der Waals surface area contributed by atoms with E-state index in [1.54, 1.807) is 0 Å². The summed E-state index contributed by atoms with van der Waals surface area (Å²) in [6, 6.07) is 10.3. The molecule has 20 heavy (non-hydrogen) atoms. The third-order valence-corrected chi connectivity index (χ3v) is 3.57. The van der Waals surface area contributed by atoms with Crippen molar-refractivity contribution in [2.45, 2.75) is 32.1 Å². The molecule has 4 nitrogen and oxygen atoms in total. The van der Waals surface area contributed by atoms with Gasteiger partial charge in [-0.1, -0.05) is 30.3 Å². The van der Waals surface area contributed by atoms with Gasteiger partial charge in [-0.25, -0.2) is 8.42 Å². The molecule has 0 N–H and O–H groups in total. The van der Waals surface area contributed by atoms with Gasteiger partial charge in [0.1, 0.15) is 0 Å². The van der Waals surface area contributed by atoms with Gasteiger partial charge in [0.15, 0.2) is 0 Å². The molecule has 1 aromatic rings. The Hall–Kier alpha value is 0.0900. The van der Waals surface area contributed by atoms with Crippen LogP contribution in [0.25, 0.3) is 0 Å². The Labute approximate surface area is 144 Å². The number of ether oxygens (including phenoxy) is 1. The fraction of sp³-hybridized carbons (Fsp3) is 0.571. The summed E-state index contributed by atoms with van der Waals surface area (Å²) < 4.78 is 36.4. The molecule has 1 aromatic carbocycles. The third-order valence-electron chi connectivity index (χ3n) is 2.78. The van der Waals surface area contributed by atoms with Crippen molar-refractivity contribution in [3.63, 3.8) is 0 Å². The Morgan fingerprint density at radius 2 is 1.55 bits per heavy atom. The van der Waals surface area contributed by atoms with Crippen LogP contribution in [-0.4, -0.2) is 31.9 Å². The second kappa shape index (κ2) is 11.7. The summed E-state index contributed by atoms with van der Waals surface area (Å²) in [5.41, 5.74) is 1.34. The number of unbranched alkanes of at least 4 members (excludes halogenated alkanes) is 2. The fourth-order valence-electron chi connectivity index (χ4n) is 1.76. The van der Waals surface area contributed by atoms with Crippen molar-refractivity contribution >= 4 is 10.1 Å². The maximum absolute atomic E-state index is 10.3. The van der Waals surface area contributed by atoms with Crippen LogP contribution in [-0.2, 0) is 21.3 Å². The first kappa shape index (κ1) is 20.1. The normalized spacial score (nSPS) is 11.1. The van der Waals surface area contributed by atoms with Crippen molar-refractivity contribution in [2.24, 2.45) is 0 Å². The second-order valence-electron chi connectivity index (χ2n) is 4.52. The van der Waals surface area contributed by atoms with Crippen LogP contribution in [0.1, 0.15) is 31.2 Å². The van der Waals surface area contributed by atoms with E-state index < -0.39 is 10.1 Å². The van der Waals surface area contributed by atoms with Crippen molar-refractivity contribution in [2.75, 3.05) is 19.0 Å². The van der Waals surface area contributed by atoms with Crippen LogP contribution in [0.5, 0.6) is 0 Å². The third kappa shape index (κ3) is 11.9. The summed E-state index contributed by atoms with van der Waals surface area (Å²) >= 11 is 0. The second-order valence-corrected chi connectivity index (χ2v) is 6.05. The van der Waals surface area contributed by atoms with E-state index >= 15 is 0 Å². The van der Waals surface area contributed by atoms with Crippen molar-refractivity contribution in [3.8, 4) is 0 Å². The van der Waals surface area contributed by atoms with Gasteiger partial charge in [0.2, 0.25) is 0 Å². The smallest absolute Gasteiger partial charge is 0.748 e. The summed E-state index contributed by atoms with van der Waals surface area (Å²) in [7, 11) is -4.06. The minimum absolute atomic E-state index is 0. The standard InChI is InChI=1S/C14H22O4S.Na/c15-19(16,17)13-7-6-12-18-11-5-4-10-14-8-2-1-3-9-14;/h1-3,8-9H,4-7,10-13H2,(H,15,16,17);/q;+1/p-1. The molecule has 6 heteroatoms. The van der Waals surface area contributed by atoms with Crippen LogP contribution < -0.4 is 29.6 Å². The fourth-order valence-corrected chi connectivity index (χ4v) is 2.32. The molecule has 0 aliphatic rings. The van der Waals surface area contributed by atoms with E-state index in [4.69, 9.17) is 4.74 Å². The molecule has 0 bridgehead atoms. The molecule has 0 spiro atoms. The Balaban J connectivity index is 0.00000361. The summed E-state index contributed by atoms with van der Waals surface area (Å²) in [5, 5.41) is 0. The topological polar surface area (TPSA) is 66.4 Å². The van der Waals surface area contributed by atoms with Gasteiger partial charge in [0.25, 0.3) is 0 Å². The number of aryl methyl sites for hydroxylation is 1. The molecule has 0 fully saturated rings. The van der Waals surface area contributed by atoms with Crippen molar-refractivity contribution in [3.05, 3.63) is 35.9 Å². The monoisotopic (exact) mass is 308 g/mol. The van der Waals surface area contributed by atoms with Crippen LogP contribution in [0.3, 0.4) is 0 Å². The largest absolute Gasteiger partial charge is 1.00 e. The summed E-state index contributed by atoms with van der Waals surface area (Å²) in [6.07, 6.45) is 4.14. The Bertz CT molecular complexity index is 434. The van der Waals surface area contributed by atoms with Gasteiger partial charge in [-0.2, -0.15) is 0 Å². The summed E-state index contributed by atoms with van der Waals surface area (Å²) in [4.78, 5) is 0. The van der Waals surface area contributed by atoms with E-state index in [-0.39, 0.29) is 35.3 Å². The van der Waals surface area contributed by atoms with Crippen LogP contribution in [0.15, 0.2) is 30.3 Å². The van der Waals surface area contributed by atoms with Crippen LogP contribution >= 0.6 is 0 Å². The molecular weight excluding hydrogens is 287 g/mol. The van der Waals surface area contributed by atoms with Crippen molar-refractivity contribution < 1.29 is 47.3 Å². The average molecular weight is 308 g/mol. The van der Waals surface area contributed by atoms with Crippen LogP contribution in [0.2, 0.25) is 0 Å². The van der Waals surface area contributed by atoms with E-state index in [0.29, 0.717) is 26.1 Å². The molecule has 0 aliphatic carbocycles. The molecule has 0 aliphatic heterocycles. The number of hydrogen-bond donors (Lipinski definition) is 0. The molecule has 1 rings (SSSR count). The van der Waals surface area contributed by atoms with E-state index in [9.17, 15) is 13.0 Å². The molecule has 0 heterocycles. The van der Waals surface area contributed by atoms with Gasteiger partial charge < -0.3 is 9.29 Å². The zero-order valence-electron chi connectivity index (χ0n) is 12.1. The molecule has 0 aromatic heterocycles. The maximum Gasteiger partial charge on any atom is 1.00 e. The molecule has 0 radical (unpaired) electrons. The Kier molecular flexibility index (Phi) is 11.8. The predicted molar refractivity (Wildman–Crippen MR) is 74.0 cm³/mol. The number of hydrogen-bond acceptors (Lipinski definition) is 4. The van der Waals surface area contributed by atoms with Gasteiger partial charge >= 0.3 is 29.6 Å². The Morgan fingerprint density at radius 1 is 0.950 bits per heavy atom. The quantitative estimate of drug-likeness (QED) is 0.327. The first-order valence-corrected chi connectivity index (χ1v) is 8.21. The van der Waals surface area contributed by atoms with E-state index in [1.807, 2.05) is 18.2 Å². The summed E-state index contributed by atoms with van der Waals surface area (Å²) in [5.74, 6) is -0.287. The zero-order valence-corrected chi connectivity index (χ0v) is 14.9. The average Bonchev–Trinajstić information content (AvgIpc) is 2.37. The first-order chi connectivity index (χ1) is 9.08. The minimum atomic E-state index is -4.06. The van der Waals surface area contributed by atoms with Gasteiger partial charge in [-0.3, -0.25) is 0 Å². The molecule has 0 atom stereocenters. The van der Waals surface area contributed by atoms with Gasteiger partial charge in [0.05, 0.1) is 10.1 Å². The van der Waals surface area contributed by atoms with Crippen molar-refractivity contribution in [1.82, 2.24) is 0 Å². The number of rotatable bonds is 10. The summed E-state index contributed by atoms with van der Waals surface area (Å²) in [6.45, 7) is 1.22. The predicted octanol–water partition coefficient (Wildman–Crippen LogP) is -0.645. The molecule has 0 saturated carbocycles. The Morgan fingerprint density at radius 3 is 2.15 bits per heavy atom. The maximum atomic E-state index is 10.3. The van der Waals surface area contributed by atoms with E-state index in [1.165, 1.54) is 5.56 Å². The molecular formula is C14H21NaO4S. The molecule has 0 unspecified atom stereocenters. The zero-order chi connectivity index (χ0) is 14.0. The van der Waals surface area contributed by atoms with Crippen LogP contribution in [0.4, 0.5) is 0 Å². The van der Waals surface area contributed by atoms with E-state index in [0.717, 1.165) is 19.3 Å². The molecule has 0 saturated heterocycles. The van der Waals surface area contributed by atoms with Crippen LogP contribution in [0, 0.1) is 0 Å². The van der Waals surface area contributed by atoms with Gasteiger partial charge in [-0.15, -0.1) is 0 Å². The minimum Gasteiger partial charge on any atom is -0.748 e. The first-order valence-electron chi connectivity index (χ1n) is 6.63. The number of benzene rings is 1. The van der Waals surface area contributed by atoms with Crippen molar-refractivity contribution in [1.29, 1.82) is 0 Å². The van der Waals surface area contributed by atoms with Gasteiger partial charge in [-0.05, 0) is 37.7 Å².